The Morgan fingerprint density at radius 2 is 0.926 bits per heavy atom. The maximum absolute atomic E-state index is 14.3. The topological polar surface area (TPSA) is 0 Å². The largest absolute Gasteiger partial charge is 0.217 e. The minimum atomic E-state index is -1.28. The number of hydrogen-bond donors (Lipinski definition) is 0. The van der Waals surface area contributed by atoms with Gasteiger partial charge >= 0.3 is 0 Å². The molecule has 0 spiro atoms. The molecule has 0 aromatic heterocycles. The summed E-state index contributed by atoms with van der Waals surface area (Å²) >= 11 is 0. The maximum Gasteiger partial charge on any atom is 0.217 e. The number of halogens is 6. The van der Waals surface area contributed by atoms with Gasteiger partial charge in [0.05, 0.1) is 9.79 Å². The molecule has 0 unspecified atom stereocenters. The van der Waals surface area contributed by atoms with Gasteiger partial charge in [0.1, 0.15) is 29.1 Å². The van der Waals surface area contributed by atoms with Crippen molar-refractivity contribution in [3.05, 3.63) is 89.5 Å². The fourth-order valence-corrected chi connectivity index (χ4v) is 8.29. The van der Waals surface area contributed by atoms with Crippen LogP contribution < -0.4 is 0 Å². The van der Waals surface area contributed by atoms with E-state index in [0.717, 1.165) is 39.8 Å². The van der Waals surface area contributed by atoms with Crippen molar-refractivity contribution in [3.63, 3.8) is 0 Å². The van der Waals surface area contributed by atoms with Crippen molar-refractivity contribution in [2.45, 2.75) is 14.7 Å². The molecule has 0 amide bonds. The first-order chi connectivity index (χ1) is 12.8. The van der Waals surface area contributed by atoms with Gasteiger partial charge in [-0.25, -0.2) is 26.3 Å². The average Bonchev–Trinajstić information content (AvgIpc) is 2.59. The normalized spacial score (nSPS) is 11.2. The van der Waals surface area contributed by atoms with Crippen LogP contribution in [0.15, 0.2) is 69.3 Å². The lowest BCUT2D eigenvalue weighted by atomic mass is 10.3. The second-order valence-corrected chi connectivity index (χ2v) is 10.9. The van der Waals surface area contributed by atoms with Crippen LogP contribution in [0.3, 0.4) is 0 Å². The highest BCUT2D eigenvalue weighted by Gasteiger charge is 2.34. The van der Waals surface area contributed by atoms with Gasteiger partial charge in [-0.2, -0.15) is 0 Å². The highest BCUT2D eigenvalue weighted by atomic mass is 33.5. The van der Waals surface area contributed by atoms with Crippen LogP contribution in [0, 0.1) is 34.9 Å². The van der Waals surface area contributed by atoms with Crippen LogP contribution in [0.5, 0.6) is 0 Å². The van der Waals surface area contributed by atoms with E-state index in [0.29, 0.717) is 18.2 Å². The van der Waals surface area contributed by atoms with E-state index >= 15 is 0 Å². The average molecular weight is 435 g/mol. The second-order valence-electron chi connectivity index (χ2n) is 5.13. The van der Waals surface area contributed by atoms with Gasteiger partial charge in [0.15, 0.2) is 36.4 Å². The third-order valence-corrected chi connectivity index (χ3v) is 9.49. The Hall–Kier alpha value is -1.71. The molecule has 0 saturated heterocycles. The monoisotopic (exact) mass is 435 g/mol. The van der Waals surface area contributed by atoms with Crippen LogP contribution in [-0.4, -0.2) is 0 Å². The summed E-state index contributed by atoms with van der Waals surface area (Å²) in [5, 5.41) is 0. The zero-order valence-corrected chi connectivity index (χ0v) is 15.6. The minimum Gasteiger partial charge on any atom is -0.207 e. The summed E-state index contributed by atoms with van der Waals surface area (Å²) in [6, 6.07) is 8.66. The number of rotatable bonds is 5. The summed E-state index contributed by atoms with van der Waals surface area (Å²) in [4.78, 5) is 0.0378. The number of hydrogen-bond acceptors (Lipinski definition) is 2. The molecule has 0 nitrogen and oxygen atoms in total. The zero-order valence-electron chi connectivity index (χ0n) is 13.2. The molecular weight excluding hydrogens is 426 g/mol. The Kier molecular flexibility index (Phi) is 6.33. The van der Waals surface area contributed by atoms with Crippen LogP contribution in [0.1, 0.15) is 0 Å². The lowest BCUT2D eigenvalue weighted by Gasteiger charge is -2.07. The van der Waals surface area contributed by atoms with E-state index in [9.17, 15) is 26.3 Å². The smallest absolute Gasteiger partial charge is 0.207 e. The van der Waals surface area contributed by atoms with Crippen LogP contribution in [0.25, 0.3) is 0 Å². The molecule has 0 heterocycles. The van der Waals surface area contributed by atoms with Gasteiger partial charge < -0.3 is 0 Å². The summed E-state index contributed by atoms with van der Waals surface area (Å²) in [6.45, 7) is 0. The van der Waals surface area contributed by atoms with Crippen molar-refractivity contribution in [3.8, 4) is 0 Å². The van der Waals surface area contributed by atoms with Gasteiger partial charge in [0.25, 0.3) is 0 Å². The van der Waals surface area contributed by atoms with Crippen molar-refractivity contribution in [1.82, 2.24) is 0 Å². The maximum atomic E-state index is 14.3. The lowest BCUT2D eigenvalue weighted by molar-refractivity contribution is 0.564. The van der Waals surface area contributed by atoms with Crippen molar-refractivity contribution < 1.29 is 26.3 Å². The molecule has 3 rings (SSSR count). The Balaban J connectivity index is 2.00. The van der Waals surface area contributed by atoms with E-state index in [1.165, 1.54) is 18.2 Å². The number of benzene rings is 3. The van der Waals surface area contributed by atoms with Crippen molar-refractivity contribution in [1.29, 1.82) is 0 Å². The molecule has 0 radical (unpaired) electrons. The first-order valence-electron chi connectivity index (χ1n) is 7.29. The fourth-order valence-electron chi connectivity index (χ4n) is 1.97. The summed E-state index contributed by atoms with van der Waals surface area (Å²) in [7, 11) is 0.386. The second kappa shape index (κ2) is 8.53. The quantitative estimate of drug-likeness (QED) is 0.243. The van der Waals surface area contributed by atoms with Crippen molar-refractivity contribution >= 4 is 30.5 Å². The van der Waals surface area contributed by atoms with Gasteiger partial charge in [-0.3, -0.25) is 0 Å². The molecule has 0 aliphatic rings. The van der Waals surface area contributed by atoms with Gasteiger partial charge in [-0.15, -0.1) is 0 Å². The molecule has 3 aromatic carbocycles. The SMILES string of the molecule is Fc1ccc(S[S+](Sc2ccc(F)cc2F)c2ccc(F)cc2F)c(F)c1. The summed E-state index contributed by atoms with van der Waals surface area (Å²) in [6.07, 6.45) is 0. The lowest BCUT2D eigenvalue weighted by Crippen LogP contribution is -1.99. The molecule has 0 saturated carbocycles. The van der Waals surface area contributed by atoms with Gasteiger partial charge in [-0.1, -0.05) is 0 Å². The van der Waals surface area contributed by atoms with Crippen molar-refractivity contribution in [2.24, 2.45) is 0 Å². The van der Waals surface area contributed by atoms with Gasteiger partial charge in [0.2, 0.25) is 4.90 Å². The van der Waals surface area contributed by atoms with Crippen molar-refractivity contribution in [2.75, 3.05) is 0 Å². The Labute approximate surface area is 161 Å². The van der Waals surface area contributed by atoms with E-state index in [-0.39, 0.29) is 14.7 Å². The van der Waals surface area contributed by atoms with Crippen LogP contribution in [0.2, 0.25) is 0 Å². The predicted octanol–water partition coefficient (Wildman–Crippen LogP) is 6.91. The third-order valence-electron chi connectivity index (χ3n) is 3.19. The first kappa shape index (κ1) is 20.0. The Bertz CT molecular complexity index is 926. The zero-order chi connectivity index (χ0) is 19.6. The molecule has 9 heteroatoms. The summed E-state index contributed by atoms with van der Waals surface area (Å²) in [5.74, 6) is -4.96. The van der Waals surface area contributed by atoms with E-state index in [4.69, 9.17) is 0 Å². The molecular formula is C18H9F6S3+. The molecule has 3 aromatic rings. The van der Waals surface area contributed by atoms with E-state index in [1.807, 2.05) is 0 Å². The van der Waals surface area contributed by atoms with E-state index in [2.05, 4.69) is 0 Å². The molecule has 0 bridgehead atoms. The standard InChI is InChI=1S/C18H9F6S3/c19-10-1-4-16(13(22)7-10)25-27(18-6-3-12(21)9-15(18)24)26-17-5-2-11(20)8-14(17)23/h1-9H/q+1. The summed E-state index contributed by atoms with van der Waals surface area (Å²) < 4.78 is 81.8. The van der Waals surface area contributed by atoms with E-state index < -0.39 is 43.9 Å². The molecule has 0 atom stereocenters. The fraction of sp³-hybridized carbons (Fsp3) is 0. The predicted molar refractivity (Wildman–Crippen MR) is 96.4 cm³/mol. The highest BCUT2D eigenvalue weighted by molar-refractivity contribution is 9.06. The third kappa shape index (κ3) is 4.97. The summed E-state index contributed by atoms with van der Waals surface area (Å²) in [5.41, 5.74) is 0. The minimum absolute atomic E-state index is 0.0125. The van der Waals surface area contributed by atoms with E-state index in [1.54, 1.807) is 0 Å². The van der Waals surface area contributed by atoms with Gasteiger partial charge in [-0.05, 0) is 30.3 Å². The molecule has 0 fully saturated rings. The molecule has 27 heavy (non-hydrogen) atoms. The van der Waals surface area contributed by atoms with Gasteiger partial charge in [0, 0.05) is 24.3 Å². The van der Waals surface area contributed by atoms with Crippen LogP contribution in [-0.2, 0) is 8.96 Å². The molecule has 0 aliphatic heterocycles. The first-order valence-corrected chi connectivity index (χ1v) is 11.2. The van der Waals surface area contributed by atoms with Crippen LogP contribution in [0.4, 0.5) is 26.3 Å². The van der Waals surface area contributed by atoms with Crippen LogP contribution >= 0.6 is 21.6 Å². The molecule has 140 valence electrons. The Morgan fingerprint density at radius 1 is 0.519 bits per heavy atom. The molecule has 0 N–H and O–H groups in total. The molecule has 0 aliphatic carbocycles. The Morgan fingerprint density at radius 3 is 1.33 bits per heavy atom. The highest BCUT2D eigenvalue weighted by Crippen LogP contribution is 2.46.